The molecule has 0 amide bonds. The van der Waals surface area contributed by atoms with Gasteiger partial charge in [0.2, 0.25) is 0 Å². The van der Waals surface area contributed by atoms with Crippen molar-refractivity contribution in [3.8, 4) is 11.8 Å². The first-order valence-electron chi connectivity index (χ1n) is 6.98. The SMILES string of the molecule is N#CCC1CCCc2c1cnn2-c1ccc(C(=O)O)cc1. The number of carbonyl (C=O) groups is 1. The number of nitrogens with zero attached hydrogens (tertiary/aromatic N) is 3. The fourth-order valence-electron chi connectivity index (χ4n) is 2.94. The highest BCUT2D eigenvalue weighted by molar-refractivity contribution is 5.87. The summed E-state index contributed by atoms with van der Waals surface area (Å²) in [5.74, 6) is -0.663. The van der Waals surface area contributed by atoms with Gasteiger partial charge in [0.05, 0.1) is 23.5 Å². The minimum Gasteiger partial charge on any atom is -0.478 e. The van der Waals surface area contributed by atoms with Crippen LogP contribution in [0.1, 0.15) is 46.8 Å². The molecule has 0 saturated heterocycles. The zero-order valence-electron chi connectivity index (χ0n) is 11.5. The molecule has 1 N–H and O–H groups in total. The summed E-state index contributed by atoms with van der Waals surface area (Å²) in [4.78, 5) is 10.9. The normalized spacial score (nSPS) is 17.0. The van der Waals surface area contributed by atoms with Gasteiger partial charge in [0.1, 0.15) is 0 Å². The van der Waals surface area contributed by atoms with Crippen LogP contribution >= 0.6 is 0 Å². The largest absolute Gasteiger partial charge is 0.478 e. The van der Waals surface area contributed by atoms with E-state index < -0.39 is 5.97 Å². The number of hydrogen-bond donors (Lipinski definition) is 1. The molecule has 5 nitrogen and oxygen atoms in total. The van der Waals surface area contributed by atoms with Gasteiger partial charge in [-0.1, -0.05) is 0 Å². The Labute approximate surface area is 122 Å². The third kappa shape index (κ3) is 2.40. The number of aromatic carboxylic acids is 1. The molecule has 0 bridgehead atoms. The molecule has 2 aromatic rings. The van der Waals surface area contributed by atoms with E-state index >= 15 is 0 Å². The van der Waals surface area contributed by atoms with Crippen LogP contribution in [0, 0.1) is 11.3 Å². The highest BCUT2D eigenvalue weighted by atomic mass is 16.4. The van der Waals surface area contributed by atoms with Crippen LogP contribution in [0.25, 0.3) is 5.69 Å². The molecule has 106 valence electrons. The number of carboxylic acids is 1. The van der Waals surface area contributed by atoms with Crippen molar-refractivity contribution in [3.05, 3.63) is 47.3 Å². The monoisotopic (exact) mass is 281 g/mol. The molecule has 0 spiro atoms. The lowest BCUT2D eigenvalue weighted by molar-refractivity contribution is 0.0697. The molecule has 1 aromatic heterocycles. The number of aromatic nitrogens is 2. The third-order valence-electron chi connectivity index (χ3n) is 4.00. The predicted octanol–water partition coefficient (Wildman–Crippen LogP) is 2.90. The van der Waals surface area contributed by atoms with Crippen LogP contribution in [0.3, 0.4) is 0 Å². The van der Waals surface area contributed by atoms with Gasteiger partial charge in [-0.3, -0.25) is 0 Å². The fraction of sp³-hybridized carbons (Fsp3) is 0.312. The highest BCUT2D eigenvalue weighted by Crippen LogP contribution is 2.34. The Hall–Kier alpha value is -2.61. The van der Waals surface area contributed by atoms with Gasteiger partial charge in [0.25, 0.3) is 0 Å². The fourth-order valence-corrected chi connectivity index (χ4v) is 2.94. The third-order valence-corrected chi connectivity index (χ3v) is 4.00. The molecule has 0 aliphatic heterocycles. The first-order chi connectivity index (χ1) is 10.2. The Bertz CT molecular complexity index is 710. The van der Waals surface area contributed by atoms with Crippen molar-refractivity contribution in [3.63, 3.8) is 0 Å². The van der Waals surface area contributed by atoms with Crippen molar-refractivity contribution >= 4 is 5.97 Å². The van der Waals surface area contributed by atoms with Crippen LogP contribution in [0.4, 0.5) is 0 Å². The first-order valence-corrected chi connectivity index (χ1v) is 6.98. The summed E-state index contributed by atoms with van der Waals surface area (Å²) in [5, 5.41) is 22.3. The van der Waals surface area contributed by atoms with Gasteiger partial charge in [-0.25, -0.2) is 9.48 Å². The molecule has 1 aliphatic carbocycles. The van der Waals surface area contributed by atoms with E-state index in [9.17, 15) is 4.79 Å². The lowest BCUT2D eigenvalue weighted by Gasteiger charge is -2.21. The maximum atomic E-state index is 10.9. The standard InChI is InChI=1S/C16H15N3O2/c17-9-8-11-2-1-3-15-14(11)10-18-19(15)13-6-4-12(5-7-13)16(20)21/h4-7,10-11H,1-3,8H2,(H,20,21). The Kier molecular flexibility index (Phi) is 3.44. The van der Waals surface area contributed by atoms with Crippen molar-refractivity contribution in [2.24, 2.45) is 0 Å². The lowest BCUT2D eigenvalue weighted by Crippen LogP contribution is -2.12. The zero-order chi connectivity index (χ0) is 14.8. The van der Waals surface area contributed by atoms with E-state index in [2.05, 4.69) is 11.2 Å². The second kappa shape index (κ2) is 5.41. The molecule has 0 saturated carbocycles. The van der Waals surface area contributed by atoms with Crippen molar-refractivity contribution in [1.82, 2.24) is 9.78 Å². The van der Waals surface area contributed by atoms with Gasteiger partial charge in [0, 0.05) is 18.0 Å². The summed E-state index contributed by atoms with van der Waals surface area (Å²) in [5.41, 5.74) is 3.43. The van der Waals surface area contributed by atoms with Gasteiger partial charge in [0.15, 0.2) is 0 Å². The Morgan fingerprint density at radius 3 is 2.86 bits per heavy atom. The van der Waals surface area contributed by atoms with E-state index in [1.165, 1.54) is 0 Å². The zero-order valence-corrected chi connectivity index (χ0v) is 11.5. The van der Waals surface area contributed by atoms with Gasteiger partial charge in [-0.15, -0.1) is 0 Å². The molecular formula is C16H15N3O2. The summed E-state index contributed by atoms with van der Waals surface area (Å²) < 4.78 is 1.87. The molecule has 1 unspecified atom stereocenters. The van der Waals surface area contributed by atoms with E-state index in [1.54, 1.807) is 24.3 Å². The molecule has 1 aromatic carbocycles. The van der Waals surface area contributed by atoms with Crippen molar-refractivity contribution in [2.75, 3.05) is 0 Å². The topological polar surface area (TPSA) is 78.9 Å². The second-order valence-electron chi connectivity index (χ2n) is 5.26. The van der Waals surface area contributed by atoms with Gasteiger partial charge in [-0.2, -0.15) is 10.4 Å². The number of benzene rings is 1. The highest BCUT2D eigenvalue weighted by Gasteiger charge is 2.24. The Balaban J connectivity index is 1.97. The predicted molar refractivity (Wildman–Crippen MR) is 76.4 cm³/mol. The Morgan fingerprint density at radius 1 is 1.43 bits per heavy atom. The van der Waals surface area contributed by atoms with Crippen molar-refractivity contribution < 1.29 is 9.90 Å². The average Bonchev–Trinajstić information content (AvgIpc) is 2.93. The minimum absolute atomic E-state index is 0.266. The summed E-state index contributed by atoms with van der Waals surface area (Å²) in [6.45, 7) is 0. The van der Waals surface area contributed by atoms with Crippen LogP contribution in [0.2, 0.25) is 0 Å². The molecular weight excluding hydrogens is 266 g/mol. The lowest BCUT2D eigenvalue weighted by atomic mass is 9.85. The molecule has 5 heteroatoms. The summed E-state index contributed by atoms with van der Waals surface area (Å²) in [6, 6.07) is 8.95. The number of rotatable bonds is 3. The summed E-state index contributed by atoms with van der Waals surface area (Å²) in [6.07, 6.45) is 5.40. The summed E-state index contributed by atoms with van der Waals surface area (Å²) >= 11 is 0. The van der Waals surface area contributed by atoms with Crippen LogP contribution in [-0.4, -0.2) is 20.9 Å². The van der Waals surface area contributed by atoms with Crippen LogP contribution in [-0.2, 0) is 6.42 Å². The number of nitriles is 1. The van der Waals surface area contributed by atoms with Crippen molar-refractivity contribution in [2.45, 2.75) is 31.6 Å². The minimum atomic E-state index is -0.932. The van der Waals surface area contributed by atoms with Crippen LogP contribution in [0.15, 0.2) is 30.5 Å². The molecule has 1 heterocycles. The Morgan fingerprint density at radius 2 is 2.19 bits per heavy atom. The quantitative estimate of drug-likeness (QED) is 0.938. The first kappa shape index (κ1) is 13.4. The smallest absolute Gasteiger partial charge is 0.335 e. The van der Waals surface area contributed by atoms with Crippen LogP contribution in [0.5, 0.6) is 0 Å². The van der Waals surface area contributed by atoms with Gasteiger partial charge < -0.3 is 5.11 Å². The van der Waals surface area contributed by atoms with E-state index in [1.807, 2.05) is 10.9 Å². The number of fused-ring (bicyclic) bond motifs is 1. The maximum Gasteiger partial charge on any atom is 0.335 e. The maximum absolute atomic E-state index is 10.9. The van der Waals surface area contributed by atoms with E-state index in [0.29, 0.717) is 6.42 Å². The van der Waals surface area contributed by atoms with Crippen molar-refractivity contribution in [1.29, 1.82) is 5.26 Å². The van der Waals surface area contributed by atoms with Gasteiger partial charge >= 0.3 is 5.97 Å². The number of hydrogen-bond acceptors (Lipinski definition) is 3. The van der Waals surface area contributed by atoms with E-state index in [0.717, 1.165) is 36.2 Å². The second-order valence-corrected chi connectivity index (χ2v) is 5.26. The van der Waals surface area contributed by atoms with Crippen LogP contribution < -0.4 is 0 Å². The van der Waals surface area contributed by atoms with E-state index in [4.69, 9.17) is 10.4 Å². The molecule has 0 fully saturated rings. The molecule has 1 aliphatic rings. The molecule has 21 heavy (non-hydrogen) atoms. The van der Waals surface area contributed by atoms with E-state index in [-0.39, 0.29) is 11.5 Å². The summed E-state index contributed by atoms with van der Waals surface area (Å²) in [7, 11) is 0. The number of carboxylic acid groups (broad SMARTS) is 1. The molecule has 1 atom stereocenters. The van der Waals surface area contributed by atoms with Gasteiger partial charge in [-0.05, 0) is 49.1 Å². The molecule has 0 radical (unpaired) electrons. The average molecular weight is 281 g/mol. The molecule has 3 rings (SSSR count).